The molecule has 116 valence electrons. The fraction of sp³-hybridized carbons (Fsp3) is 0.471. The van der Waals surface area contributed by atoms with Gasteiger partial charge in [-0.1, -0.05) is 24.6 Å². The fourth-order valence-electron chi connectivity index (χ4n) is 3.60. The summed E-state index contributed by atoms with van der Waals surface area (Å²) in [5.74, 6) is -1.32. The van der Waals surface area contributed by atoms with Crippen LogP contribution in [0.1, 0.15) is 26.2 Å². The minimum atomic E-state index is -0.360. The monoisotopic (exact) mass is 301 g/mol. The first kappa shape index (κ1) is 14.8. The van der Waals surface area contributed by atoms with Gasteiger partial charge in [-0.2, -0.15) is 0 Å². The topological polar surface area (TPSA) is 63.7 Å². The molecule has 1 aliphatic heterocycles. The smallest absolute Gasteiger partial charge is 0.302 e. The van der Waals surface area contributed by atoms with Crippen molar-refractivity contribution in [3.63, 3.8) is 0 Å². The van der Waals surface area contributed by atoms with Gasteiger partial charge in [0.15, 0.2) is 0 Å². The van der Waals surface area contributed by atoms with Crippen molar-refractivity contribution in [2.45, 2.75) is 26.2 Å². The number of esters is 1. The van der Waals surface area contributed by atoms with Crippen molar-refractivity contribution >= 4 is 23.5 Å². The minimum absolute atomic E-state index is 0.0622. The highest BCUT2D eigenvalue weighted by atomic mass is 16.5. The van der Waals surface area contributed by atoms with E-state index in [9.17, 15) is 14.4 Å². The van der Waals surface area contributed by atoms with E-state index in [2.05, 4.69) is 0 Å². The summed E-state index contributed by atoms with van der Waals surface area (Å²) in [6.45, 7) is 1.58. The first-order valence-electron chi connectivity index (χ1n) is 7.66. The van der Waals surface area contributed by atoms with Gasteiger partial charge in [-0.15, -0.1) is 0 Å². The summed E-state index contributed by atoms with van der Waals surface area (Å²) in [7, 11) is 0. The minimum Gasteiger partial charge on any atom is -0.466 e. The van der Waals surface area contributed by atoms with Gasteiger partial charge in [-0.05, 0) is 25.0 Å². The van der Waals surface area contributed by atoms with Crippen molar-refractivity contribution in [1.82, 2.24) is 0 Å². The predicted molar refractivity (Wildman–Crippen MR) is 79.9 cm³/mol. The van der Waals surface area contributed by atoms with Gasteiger partial charge in [0.25, 0.3) is 0 Å². The highest BCUT2D eigenvalue weighted by Crippen LogP contribution is 2.43. The number of hydrogen-bond donors (Lipinski definition) is 0. The molecule has 0 unspecified atom stereocenters. The molecule has 2 fully saturated rings. The molecule has 0 radical (unpaired) electrons. The molecule has 0 bridgehead atoms. The summed E-state index contributed by atoms with van der Waals surface area (Å²) in [5, 5.41) is 0. The quantitative estimate of drug-likeness (QED) is 0.634. The molecule has 2 amide bonds. The number of para-hydroxylation sites is 1. The lowest BCUT2D eigenvalue weighted by atomic mass is 9.73. The highest BCUT2D eigenvalue weighted by Gasteiger charge is 2.52. The Morgan fingerprint density at radius 2 is 1.91 bits per heavy atom. The van der Waals surface area contributed by atoms with Gasteiger partial charge in [0, 0.05) is 12.8 Å². The molecule has 1 saturated carbocycles. The number of hydrogen-bond acceptors (Lipinski definition) is 4. The molecule has 2 aliphatic rings. The van der Waals surface area contributed by atoms with E-state index in [1.54, 1.807) is 12.1 Å². The van der Waals surface area contributed by atoms with Crippen LogP contribution >= 0.6 is 0 Å². The number of carbonyl (C=O) groups excluding carboxylic acids is 3. The third-order valence-electron chi connectivity index (χ3n) is 4.59. The lowest BCUT2D eigenvalue weighted by Crippen LogP contribution is -2.35. The van der Waals surface area contributed by atoms with Gasteiger partial charge >= 0.3 is 5.97 Å². The second kappa shape index (κ2) is 5.91. The van der Waals surface area contributed by atoms with Crippen molar-refractivity contribution in [2.24, 2.45) is 17.8 Å². The molecule has 3 rings (SSSR count). The molecule has 1 aromatic carbocycles. The summed E-state index contributed by atoms with van der Waals surface area (Å²) < 4.78 is 5.09. The number of benzene rings is 1. The van der Waals surface area contributed by atoms with Gasteiger partial charge in [-0.25, -0.2) is 0 Å². The van der Waals surface area contributed by atoms with Crippen molar-refractivity contribution in [3.8, 4) is 0 Å². The van der Waals surface area contributed by atoms with Gasteiger partial charge in [0.1, 0.15) is 0 Å². The average molecular weight is 301 g/mol. The molecule has 5 heteroatoms. The van der Waals surface area contributed by atoms with E-state index in [4.69, 9.17) is 4.74 Å². The van der Waals surface area contributed by atoms with Crippen molar-refractivity contribution in [1.29, 1.82) is 0 Å². The predicted octanol–water partition coefficient (Wildman–Crippen LogP) is 2.16. The van der Waals surface area contributed by atoms with Crippen LogP contribution in [-0.2, 0) is 19.1 Å². The molecule has 5 nitrogen and oxygen atoms in total. The lowest BCUT2D eigenvalue weighted by Gasteiger charge is -2.29. The van der Waals surface area contributed by atoms with E-state index < -0.39 is 0 Å². The maximum atomic E-state index is 12.8. The largest absolute Gasteiger partial charge is 0.466 e. The van der Waals surface area contributed by atoms with Gasteiger partial charge in [0.05, 0.1) is 24.1 Å². The van der Waals surface area contributed by atoms with Gasteiger partial charge in [0.2, 0.25) is 11.8 Å². The lowest BCUT2D eigenvalue weighted by molar-refractivity contribution is -0.145. The number of ether oxygens (including phenoxy) is 1. The summed E-state index contributed by atoms with van der Waals surface area (Å²) in [4.78, 5) is 37.7. The van der Waals surface area contributed by atoms with E-state index in [0.29, 0.717) is 5.69 Å². The van der Waals surface area contributed by atoms with Crippen LogP contribution < -0.4 is 4.90 Å². The van der Waals surface area contributed by atoms with Crippen molar-refractivity contribution in [2.75, 3.05) is 11.5 Å². The number of anilines is 1. The third kappa shape index (κ3) is 2.51. The Balaban J connectivity index is 1.85. The van der Waals surface area contributed by atoms with Crippen LogP contribution in [0.5, 0.6) is 0 Å². The van der Waals surface area contributed by atoms with Crippen LogP contribution in [0.25, 0.3) is 0 Å². The van der Waals surface area contributed by atoms with Crippen LogP contribution in [0, 0.1) is 17.8 Å². The van der Waals surface area contributed by atoms with Crippen LogP contribution in [0.15, 0.2) is 30.3 Å². The number of rotatable bonds is 3. The Morgan fingerprint density at radius 3 is 2.59 bits per heavy atom. The summed E-state index contributed by atoms with van der Waals surface area (Å²) in [6.07, 6.45) is 2.43. The molecular weight excluding hydrogens is 282 g/mol. The standard InChI is InChI=1S/C17H19NO4/c1-11(19)22-10-12-6-5-9-14-15(12)17(21)18(16(14)20)13-7-3-2-4-8-13/h2-4,7-8,12,14-15H,5-6,9-10H2,1H3/t12-,14-,15+/m0/s1. The fourth-order valence-corrected chi connectivity index (χ4v) is 3.60. The van der Waals surface area contributed by atoms with Crippen molar-refractivity contribution in [3.05, 3.63) is 30.3 Å². The molecule has 1 saturated heterocycles. The Morgan fingerprint density at radius 1 is 1.18 bits per heavy atom. The Labute approximate surface area is 129 Å². The zero-order valence-corrected chi connectivity index (χ0v) is 12.5. The number of fused-ring (bicyclic) bond motifs is 1. The van der Waals surface area contributed by atoms with E-state index in [1.165, 1.54) is 11.8 Å². The Hall–Kier alpha value is -2.17. The molecule has 1 heterocycles. The second-order valence-electron chi connectivity index (χ2n) is 5.97. The molecule has 1 aliphatic carbocycles. The molecule has 1 aromatic rings. The van der Waals surface area contributed by atoms with Gasteiger partial charge in [-0.3, -0.25) is 19.3 Å². The number of imide groups is 1. The zero-order chi connectivity index (χ0) is 15.7. The highest BCUT2D eigenvalue weighted by molar-refractivity contribution is 6.22. The first-order chi connectivity index (χ1) is 10.6. The molecule has 0 spiro atoms. The Kier molecular flexibility index (Phi) is 3.96. The van der Waals surface area contributed by atoms with Crippen LogP contribution in [0.3, 0.4) is 0 Å². The SMILES string of the molecule is CC(=O)OC[C@@H]1CCC[C@@H]2C(=O)N(c3ccccc3)C(=O)[C@H]12. The molecule has 22 heavy (non-hydrogen) atoms. The summed E-state index contributed by atoms with van der Waals surface area (Å²) in [6, 6.07) is 9.02. The first-order valence-corrected chi connectivity index (χ1v) is 7.66. The van der Waals surface area contributed by atoms with Crippen LogP contribution in [-0.4, -0.2) is 24.4 Å². The number of nitrogens with zero attached hydrogens (tertiary/aromatic N) is 1. The molecular formula is C17H19NO4. The van der Waals surface area contributed by atoms with E-state index in [0.717, 1.165) is 19.3 Å². The Bertz CT molecular complexity index is 598. The van der Waals surface area contributed by atoms with E-state index in [1.807, 2.05) is 18.2 Å². The van der Waals surface area contributed by atoms with E-state index >= 15 is 0 Å². The van der Waals surface area contributed by atoms with Crippen LogP contribution in [0.4, 0.5) is 5.69 Å². The van der Waals surface area contributed by atoms with Crippen molar-refractivity contribution < 1.29 is 19.1 Å². The maximum Gasteiger partial charge on any atom is 0.302 e. The van der Waals surface area contributed by atoms with Crippen LogP contribution in [0.2, 0.25) is 0 Å². The second-order valence-corrected chi connectivity index (χ2v) is 5.97. The van der Waals surface area contributed by atoms with E-state index in [-0.39, 0.29) is 42.1 Å². The summed E-state index contributed by atoms with van der Waals surface area (Å²) >= 11 is 0. The van der Waals surface area contributed by atoms with Gasteiger partial charge < -0.3 is 4.74 Å². The normalized spacial score (nSPS) is 27.7. The average Bonchev–Trinajstić information content (AvgIpc) is 2.78. The number of carbonyl (C=O) groups is 3. The third-order valence-corrected chi connectivity index (χ3v) is 4.59. The maximum absolute atomic E-state index is 12.8. The molecule has 0 N–H and O–H groups in total. The molecule has 3 atom stereocenters. The summed E-state index contributed by atoms with van der Waals surface area (Å²) in [5.41, 5.74) is 0.623. The number of amides is 2. The zero-order valence-electron chi connectivity index (χ0n) is 12.5. The molecule has 0 aromatic heterocycles.